The van der Waals surface area contributed by atoms with Gasteiger partial charge in [0.15, 0.2) is 11.5 Å². The Kier molecular flexibility index (Phi) is 6.25. The molecule has 1 aliphatic heterocycles. The van der Waals surface area contributed by atoms with Gasteiger partial charge in [-0.2, -0.15) is 0 Å². The molecule has 0 atom stereocenters. The van der Waals surface area contributed by atoms with Crippen LogP contribution < -0.4 is 19.5 Å². The van der Waals surface area contributed by atoms with Gasteiger partial charge in [-0.1, -0.05) is 0 Å². The van der Waals surface area contributed by atoms with Crippen molar-refractivity contribution in [1.82, 2.24) is 4.90 Å². The Balaban J connectivity index is 1.92. The summed E-state index contributed by atoms with van der Waals surface area (Å²) in [6.45, 7) is 6.73. The Hall–Kier alpha value is -3.55. The third-order valence-corrected chi connectivity index (χ3v) is 4.52. The van der Waals surface area contributed by atoms with E-state index < -0.39 is 11.8 Å². The minimum atomic E-state index is -0.412. The Morgan fingerprint density at radius 2 is 1.43 bits per heavy atom. The highest BCUT2D eigenvalue weighted by molar-refractivity contribution is 6.21. The van der Waals surface area contributed by atoms with Gasteiger partial charge in [0.25, 0.3) is 17.7 Å². The SMILES string of the molecule is CCOc1cc(C(=O)Nc2ccc3c(c2)C(=O)N(C)C3=O)cc(OCC)c1OCC. The van der Waals surface area contributed by atoms with E-state index in [-0.39, 0.29) is 11.5 Å². The average Bonchev–Trinajstić information content (AvgIpc) is 2.94. The van der Waals surface area contributed by atoms with Gasteiger partial charge in [-0.3, -0.25) is 19.3 Å². The molecule has 2 aromatic carbocycles. The number of carbonyl (C=O) groups is 3. The molecule has 0 fully saturated rings. The number of fused-ring (bicyclic) bond motifs is 1. The maximum absolute atomic E-state index is 12.9. The number of hydrogen-bond donors (Lipinski definition) is 1. The summed E-state index contributed by atoms with van der Waals surface area (Å²) in [4.78, 5) is 38.1. The predicted molar refractivity (Wildman–Crippen MR) is 111 cm³/mol. The fourth-order valence-electron chi connectivity index (χ4n) is 3.16. The topological polar surface area (TPSA) is 94.2 Å². The summed E-state index contributed by atoms with van der Waals surface area (Å²) in [6, 6.07) is 7.79. The largest absolute Gasteiger partial charge is 0.490 e. The molecule has 0 radical (unpaired) electrons. The van der Waals surface area contributed by atoms with Gasteiger partial charge >= 0.3 is 0 Å². The molecule has 0 saturated carbocycles. The molecule has 0 aliphatic carbocycles. The number of nitrogens with one attached hydrogen (secondary N) is 1. The van der Waals surface area contributed by atoms with Crippen LogP contribution in [-0.2, 0) is 0 Å². The van der Waals surface area contributed by atoms with Crippen molar-refractivity contribution in [2.45, 2.75) is 20.8 Å². The second kappa shape index (κ2) is 8.86. The Bertz CT molecular complexity index is 974. The quantitative estimate of drug-likeness (QED) is 0.668. The number of anilines is 1. The lowest BCUT2D eigenvalue weighted by Gasteiger charge is -2.17. The first-order chi connectivity index (χ1) is 14.4. The lowest BCUT2D eigenvalue weighted by Crippen LogP contribution is -2.24. The highest BCUT2D eigenvalue weighted by atomic mass is 16.5. The first-order valence-corrected chi connectivity index (χ1v) is 9.75. The first-order valence-electron chi connectivity index (χ1n) is 9.75. The third kappa shape index (κ3) is 3.94. The average molecular weight is 412 g/mol. The molecular formula is C22H24N2O6. The summed E-state index contributed by atoms with van der Waals surface area (Å²) >= 11 is 0. The molecule has 2 aromatic rings. The molecule has 0 spiro atoms. The van der Waals surface area contributed by atoms with Crippen molar-refractivity contribution in [2.75, 3.05) is 32.2 Å². The fourth-order valence-corrected chi connectivity index (χ4v) is 3.16. The second-order valence-corrected chi connectivity index (χ2v) is 6.48. The van der Waals surface area contributed by atoms with Crippen LogP contribution >= 0.6 is 0 Å². The van der Waals surface area contributed by atoms with Crippen molar-refractivity contribution in [1.29, 1.82) is 0 Å². The Labute approximate surface area is 174 Å². The summed E-state index contributed by atoms with van der Waals surface area (Å²) in [5.74, 6) is 0.0950. The molecule has 0 unspecified atom stereocenters. The van der Waals surface area contributed by atoms with Gasteiger partial charge in [-0.15, -0.1) is 0 Å². The van der Waals surface area contributed by atoms with Crippen LogP contribution in [0.5, 0.6) is 17.2 Å². The van der Waals surface area contributed by atoms with E-state index in [1.165, 1.54) is 19.2 Å². The molecule has 8 nitrogen and oxygen atoms in total. The van der Waals surface area contributed by atoms with E-state index in [9.17, 15) is 14.4 Å². The molecule has 158 valence electrons. The van der Waals surface area contributed by atoms with Crippen LogP contribution in [0.2, 0.25) is 0 Å². The van der Waals surface area contributed by atoms with Crippen molar-refractivity contribution in [3.63, 3.8) is 0 Å². The van der Waals surface area contributed by atoms with E-state index in [0.29, 0.717) is 53.9 Å². The van der Waals surface area contributed by atoms with Crippen molar-refractivity contribution in [3.8, 4) is 17.2 Å². The molecule has 8 heteroatoms. The molecule has 1 aliphatic rings. The van der Waals surface area contributed by atoms with Crippen molar-refractivity contribution in [2.24, 2.45) is 0 Å². The van der Waals surface area contributed by atoms with Gasteiger partial charge in [-0.25, -0.2) is 0 Å². The van der Waals surface area contributed by atoms with Gasteiger partial charge in [0.05, 0.1) is 30.9 Å². The standard InChI is InChI=1S/C22H24N2O6/c1-5-28-17-10-13(11-18(29-6-2)19(17)30-7-3)20(25)23-14-8-9-15-16(12-14)22(27)24(4)21(15)26/h8-12H,5-7H2,1-4H3,(H,23,25). The highest BCUT2D eigenvalue weighted by Gasteiger charge is 2.32. The van der Waals surface area contributed by atoms with E-state index >= 15 is 0 Å². The molecule has 3 amide bonds. The number of benzene rings is 2. The predicted octanol–water partition coefficient (Wildman–Crippen LogP) is 3.36. The molecule has 1 N–H and O–H groups in total. The van der Waals surface area contributed by atoms with E-state index in [1.807, 2.05) is 20.8 Å². The lowest BCUT2D eigenvalue weighted by molar-refractivity contribution is 0.0692. The molecule has 3 rings (SSSR count). The number of nitrogens with zero attached hydrogens (tertiary/aromatic N) is 1. The number of rotatable bonds is 8. The van der Waals surface area contributed by atoms with Gasteiger partial charge in [-0.05, 0) is 51.1 Å². The smallest absolute Gasteiger partial charge is 0.261 e. The number of hydrogen-bond acceptors (Lipinski definition) is 6. The monoisotopic (exact) mass is 412 g/mol. The summed E-state index contributed by atoms with van der Waals surface area (Å²) in [6.07, 6.45) is 0. The van der Waals surface area contributed by atoms with Crippen molar-refractivity contribution >= 4 is 23.4 Å². The molecule has 1 heterocycles. The minimum Gasteiger partial charge on any atom is -0.490 e. The number of ether oxygens (including phenoxy) is 3. The summed E-state index contributed by atoms with van der Waals surface area (Å²) < 4.78 is 16.9. The maximum Gasteiger partial charge on any atom is 0.261 e. The van der Waals surface area contributed by atoms with Crippen LogP contribution in [-0.4, -0.2) is 49.5 Å². The van der Waals surface area contributed by atoms with Gasteiger partial charge in [0.1, 0.15) is 0 Å². The number of imide groups is 1. The van der Waals surface area contributed by atoms with Crippen LogP contribution in [0.3, 0.4) is 0 Å². The van der Waals surface area contributed by atoms with Gasteiger partial charge in [0, 0.05) is 18.3 Å². The zero-order valence-electron chi connectivity index (χ0n) is 17.4. The van der Waals surface area contributed by atoms with E-state index in [0.717, 1.165) is 4.90 Å². The summed E-state index contributed by atoms with van der Waals surface area (Å²) in [7, 11) is 1.42. The van der Waals surface area contributed by atoms with E-state index in [1.54, 1.807) is 18.2 Å². The van der Waals surface area contributed by atoms with Crippen LogP contribution in [0, 0.1) is 0 Å². The molecule has 30 heavy (non-hydrogen) atoms. The normalized spacial score (nSPS) is 12.6. The third-order valence-electron chi connectivity index (χ3n) is 4.52. The molecular weight excluding hydrogens is 388 g/mol. The summed E-state index contributed by atoms with van der Waals surface area (Å²) in [5.41, 5.74) is 1.29. The lowest BCUT2D eigenvalue weighted by atomic mass is 10.1. The maximum atomic E-state index is 12.9. The first kappa shape index (κ1) is 21.2. The zero-order valence-corrected chi connectivity index (χ0v) is 17.4. The summed E-state index contributed by atoms with van der Waals surface area (Å²) in [5, 5.41) is 2.76. The Morgan fingerprint density at radius 3 is 2.00 bits per heavy atom. The number of amides is 3. The Morgan fingerprint density at radius 1 is 0.867 bits per heavy atom. The molecule has 0 saturated heterocycles. The van der Waals surface area contributed by atoms with Crippen LogP contribution in [0.15, 0.2) is 30.3 Å². The molecule has 0 aromatic heterocycles. The number of carbonyl (C=O) groups excluding carboxylic acids is 3. The zero-order chi connectivity index (χ0) is 21.8. The molecule has 0 bridgehead atoms. The highest BCUT2D eigenvalue weighted by Crippen LogP contribution is 2.39. The van der Waals surface area contributed by atoms with E-state index in [2.05, 4.69) is 5.32 Å². The van der Waals surface area contributed by atoms with Crippen molar-refractivity contribution in [3.05, 3.63) is 47.0 Å². The van der Waals surface area contributed by atoms with E-state index in [4.69, 9.17) is 14.2 Å². The van der Waals surface area contributed by atoms with Crippen LogP contribution in [0.25, 0.3) is 0 Å². The van der Waals surface area contributed by atoms with Gasteiger partial charge < -0.3 is 19.5 Å². The minimum absolute atomic E-state index is 0.261. The van der Waals surface area contributed by atoms with Crippen LogP contribution in [0.4, 0.5) is 5.69 Å². The van der Waals surface area contributed by atoms with Crippen LogP contribution in [0.1, 0.15) is 51.8 Å². The fraction of sp³-hybridized carbons (Fsp3) is 0.318. The van der Waals surface area contributed by atoms with Gasteiger partial charge in [0.2, 0.25) is 5.75 Å². The van der Waals surface area contributed by atoms with Crippen molar-refractivity contribution < 1.29 is 28.6 Å². The second-order valence-electron chi connectivity index (χ2n) is 6.48.